The third-order valence-corrected chi connectivity index (χ3v) is 4.67. The number of halogens is 3. The first-order valence-corrected chi connectivity index (χ1v) is 7.60. The predicted molar refractivity (Wildman–Crippen MR) is 83.5 cm³/mol. The van der Waals surface area contributed by atoms with Crippen molar-refractivity contribution in [3.05, 3.63) is 26.6 Å². The van der Waals surface area contributed by atoms with Crippen LogP contribution in [-0.4, -0.2) is 24.5 Å². The predicted octanol–water partition coefficient (Wildman–Crippen LogP) is 3.72. The summed E-state index contributed by atoms with van der Waals surface area (Å²) in [5.74, 6) is 0.886. The van der Waals surface area contributed by atoms with Gasteiger partial charge in [0.2, 0.25) is 0 Å². The molecular weight excluding hydrogens is 397 g/mol. The summed E-state index contributed by atoms with van der Waals surface area (Å²) in [5, 5.41) is 3.31. The quantitative estimate of drug-likeness (QED) is 0.707. The van der Waals surface area contributed by atoms with E-state index in [1.165, 1.54) is 0 Å². The van der Waals surface area contributed by atoms with Crippen LogP contribution in [0.2, 0.25) is 0 Å². The summed E-state index contributed by atoms with van der Waals surface area (Å²) < 4.78 is 7.93. The van der Waals surface area contributed by atoms with Gasteiger partial charge in [0.25, 0.3) is 0 Å². The largest absolute Gasteiger partial charge is 0.485 e. The Morgan fingerprint density at radius 1 is 1.21 bits per heavy atom. The molecule has 3 rings (SSSR count). The van der Waals surface area contributed by atoms with Crippen LogP contribution in [0.4, 0.5) is 0 Å². The van der Waals surface area contributed by atoms with Crippen LogP contribution in [0.5, 0.6) is 5.75 Å². The smallest absolute Gasteiger partial charge is 0.170 e. The molecule has 104 valence electrons. The van der Waals surface area contributed by atoms with E-state index in [9.17, 15) is 4.79 Å². The lowest BCUT2D eigenvalue weighted by atomic mass is 9.83. The van der Waals surface area contributed by atoms with E-state index in [0.717, 1.165) is 34.9 Å². The van der Waals surface area contributed by atoms with E-state index < -0.39 is 0 Å². The number of hydrogen-bond acceptors (Lipinski definition) is 3. The molecule has 2 aliphatic heterocycles. The zero-order chi connectivity index (χ0) is 12.8. The molecule has 0 saturated carbocycles. The van der Waals surface area contributed by atoms with Crippen LogP contribution in [0.1, 0.15) is 29.6 Å². The lowest BCUT2D eigenvalue weighted by molar-refractivity contribution is 0.0181. The molecule has 0 amide bonds. The van der Waals surface area contributed by atoms with E-state index >= 15 is 0 Å². The Morgan fingerprint density at radius 3 is 2.58 bits per heavy atom. The molecule has 0 unspecified atom stereocenters. The van der Waals surface area contributed by atoms with E-state index in [1.807, 2.05) is 12.1 Å². The first-order valence-electron chi connectivity index (χ1n) is 6.02. The van der Waals surface area contributed by atoms with Crippen molar-refractivity contribution in [2.75, 3.05) is 13.1 Å². The highest BCUT2D eigenvalue weighted by Crippen LogP contribution is 2.43. The van der Waals surface area contributed by atoms with Gasteiger partial charge in [-0.25, -0.2) is 0 Å². The van der Waals surface area contributed by atoms with E-state index in [0.29, 0.717) is 17.7 Å². The summed E-state index contributed by atoms with van der Waals surface area (Å²) in [6.45, 7) is 1.83. The molecule has 1 fully saturated rings. The summed E-state index contributed by atoms with van der Waals surface area (Å²) in [4.78, 5) is 12.3. The average Bonchev–Trinajstić information content (AvgIpc) is 2.32. The number of benzene rings is 1. The van der Waals surface area contributed by atoms with Crippen LogP contribution in [0.3, 0.4) is 0 Å². The maximum absolute atomic E-state index is 12.3. The maximum Gasteiger partial charge on any atom is 0.170 e. The standard InChI is InChI=1S/C13H13Br2NO2.ClH/c14-8-5-9-11(17)7-13(1-3-16-4-2-13)18-12(9)10(15)6-8;/h5-6,16H,1-4,7H2;1H. The minimum Gasteiger partial charge on any atom is -0.485 e. The molecule has 19 heavy (non-hydrogen) atoms. The van der Waals surface area contributed by atoms with Gasteiger partial charge in [-0.15, -0.1) is 12.4 Å². The number of carbonyl (C=O) groups is 1. The number of ether oxygens (including phenoxy) is 1. The Kier molecular flexibility index (Phi) is 4.60. The monoisotopic (exact) mass is 409 g/mol. The van der Waals surface area contributed by atoms with Crippen molar-refractivity contribution in [3.8, 4) is 5.75 Å². The zero-order valence-electron chi connectivity index (χ0n) is 10.2. The van der Waals surface area contributed by atoms with E-state index in [4.69, 9.17) is 4.74 Å². The van der Waals surface area contributed by atoms with Gasteiger partial charge in [0.1, 0.15) is 11.4 Å². The number of carbonyl (C=O) groups excluding carboxylic acids is 1. The third-order valence-electron chi connectivity index (χ3n) is 3.62. The first kappa shape index (κ1) is 15.3. The minimum absolute atomic E-state index is 0. The molecule has 0 radical (unpaired) electrons. The van der Waals surface area contributed by atoms with Crippen molar-refractivity contribution in [1.29, 1.82) is 0 Å². The SMILES string of the molecule is Cl.O=C1CC2(CCNCC2)Oc2c(Br)cc(Br)cc21. The Labute approximate surface area is 135 Å². The zero-order valence-corrected chi connectivity index (χ0v) is 14.2. The molecule has 1 N–H and O–H groups in total. The molecule has 0 aromatic heterocycles. The number of hydrogen-bond donors (Lipinski definition) is 1. The van der Waals surface area contributed by atoms with Crippen LogP contribution in [-0.2, 0) is 0 Å². The van der Waals surface area contributed by atoms with Gasteiger partial charge in [0, 0.05) is 17.3 Å². The van der Waals surface area contributed by atoms with E-state index in [-0.39, 0.29) is 23.8 Å². The fourth-order valence-corrected chi connectivity index (χ4v) is 3.98. The summed E-state index contributed by atoms with van der Waals surface area (Å²) >= 11 is 6.90. The molecule has 2 heterocycles. The van der Waals surface area contributed by atoms with Gasteiger partial charge in [-0.1, -0.05) is 15.9 Å². The Bertz CT molecular complexity index is 516. The average molecular weight is 412 g/mol. The second-order valence-electron chi connectivity index (χ2n) is 4.90. The van der Waals surface area contributed by atoms with Crippen LogP contribution >= 0.6 is 44.3 Å². The summed E-state index contributed by atoms with van der Waals surface area (Å²) in [6, 6.07) is 3.77. The number of fused-ring (bicyclic) bond motifs is 1. The third kappa shape index (κ3) is 2.84. The highest BCUT2D eigenvalue weighted by molar-refractivity contribution is 9.11. The lowest BCUT2D eigenvalue weighted by Gasteiger charge is -2.41. The van der Waals surface area contributed by atoms with Gasteiger partial charge in [-0.2, -0.15) is 0 Å². The normalized spacial score (nSPS) is 20.4. The van der Waals surface area contributed by atoms with Gasteiger partial charge in [-0.05, 0) is 41.2 Å². The van der Waals surface area contributed by atoms with Gasteiger partial charge >= 0.3 is 0 Å². The molecule has 6 heteroatoms. The number of Topliss-reactive ketones (excluding diaryl/α,β-unsaturated/α-hetero) is 1. The van der Waals surface area contributed by atoms with Gasteiger partial charge < -0.3 is 10.1 Å². The fourth-order valence-electron chi connectivity index (χ4n) is 2.67. The van der Waals surface area contributed by atoms with Crippen molar-refractivity contribution in [2.45, 2.75) is 24.9 Å². The second kappa shape index (κ2) is 5.72. The Morgan fingerprint density at radius 2 is 1.89 bits per heavy atom. The van der Waals surface area contributed by atoms with Crippen molar-refractivity contribution < 1.29 is 9.53 Å². The molecule has 1 saturated heterocycles. The molecule has 0 aliphatic carbocycles. The van der Waals surface area contributed by atoms with Crippen molar-refractivity contribution in [3.63, 3.8) is 0 Å². The lowest BCUT2D eigenvalue weighted by Crippen LogP contribution is -2.49. The molecule has 1 aromatic carbocycles. The summed E-state index contributed by atoms with van der Waals surface area (Å²) in [6.07, 6.45) is 2.27. The summed E-state index contributed by atoms with van der Waals surface area (Å²) in [7, 11) is 0. The Balaban J connectivity index is 0.00000133. The first-order chi connectivity index (χ1) is 8.60. The molecule has 1 spiro atoms. The topological polar surface area (TPSA) is 38.3 Å². The molecule has 2 aliphatic rings. The molecule has 0 atom stereocenters. The molecule has 3 nitrogen and oxygen atoms in total. The summed E-state index contributed by atoms with van der Waals surface area (Å²) in [5.41, 5.74) is 0.381. The van der Waals surface area contributed by atoms with E-state index in [1.54, 1.807) is 0 Å². The number of nitrogens with one attached hydrogen (secondary N) is 1. The molecular formula is C13H14Br2ClNO2. The van der Waals surface area contributed by atoms with Crippen molar-refractivity contribution >= 4 is 50.1 Å². The highest BCUT2D eigenvalue weighted by Gasteiger charge is 2.42. The number of rotatable bonds is 0. The van der Waals surface area contributed by atoms with Crippen molar-refractivity contribution in [1.82, 2.24) is 5.32 Å². The van der Waals surface area contributed by atoms with Crippen LogP contribution in [0.15, 0.2) is 21.1 Å². The van der Waals surface area contributed by atoms with Crippen molar-refractivity contribution in [2.24, 2.45) is 0 Å². The van der Waals surface area contributed by atoms with Gasteiger partial charge in [0.15, 0.2) is 5.78 Å². The van der Waals surface area contributed by atoms with Crippen LogP contribution in [0.25, 0.3) is 0 Å². The number of piperidine rings is 1. The maximum atomic E-state index is 12.3. The minimum atomic E-state index is -0.300. The Hall–Kier alpha value is -0.100. The van der Waals surface area contributed by atoms with Crippen LogP contribution in [0, 0.1) is 0 Å². The fraction of sp³-hybridized carbons (Fsp3) is 0.462. The van der Waals surface area contributed by atoms with Crippen LogP contribution < -0.4 is 10.1 Å². The molecule has 0 bridgehead atoms. The second-order valence-corrected chi connectivity index (χ2v) is 6.67. The highest BCUT2D eigenvalue weighted by atomic mass is 79.9. The van der Waals surface area contributed by atoms with Gasteiger partial charge in [0.05, 0.1) is 16.5 Å². The van der Waals surface area contributed by atoms with Gasteiger partial charge in [-0.3, -0.25) is 4.79 Å². The number of ketones is 1. The molecule has 1 aromatic rings. The van der Waals surface area contributed by atoms with E-state index in [2.05, 4.69) is 37.2 Å².